The molecular weight excluding hydrogens is 258 g/mol. The van der Waals surface area contributed by atoms with Crippen LogP contribution in [0.4, 0.5) is 5.69 Å². The average Bonchev–Trinajstić information content (AvgIpc) is 2.47. The van der Waals surface area contributed by atoms with Crippen LogP contribution < -0.4 is 15.8 Å². The minimum atomic E-state index is -0.353. The van der Waals surface area contributed by atoms with Crippen LogP contribution in [0.1, 0.15) is 15.9 Å². The summed E-state index contributed by atoms with van der Waals surface area (Å²) in [5, 5.41) is 12.1. The van der Waals surface area contributed by atoms with Gasteiger partial charge in [0.25, 0.3) is 5.91 Å². The molecule has 0 atom stereocenters. The van der Waals surface area contributed by atoms with Crippen LogP contribution in [0.2, 0.25) is 0 Å². The Hall–Kier alpha value is -2.76. The summed E-state index contributed by atoms with van der Waals surface area (Å²) in [6.45, 7) is 0.312. The SMILES string of the molecule is COc1cc(CNC(=O)c2cc(O)ccc2N)ccn1. The van der Waals surface area contributed by atoms with E-state index in [1.807, 2.05) is 0 Å². The van der Waals surface area contributed by atoms with Gasteiger partial charge < -0.3 is 20.9 Å². The number of carbonyl (C=O) groups is 1. The fourth-order valence-electron chi connectivity index (χ4n) is 1.69. The summed E-state index contributed by atoms with van der Waals surface area (Å²) in [7, 11) is 1.53. The minimum Gasteiger partial charge on any atom is -0.508 e. The second kappa shape index (κ2) is 5.92. The number of hydrogen-bond acceptors (Lipinski definition) is 5. The molecule has 1 heterocycles. The predicted molar refractivity (Wildman–Crippen MR) is 74.5 cm³/mol. The van der Waals surface area contributed by atoms with E-state index in [4.69, 9.17) is 10.5 Å². The number of nitrogens with two attached hydrogens (primary N) is 1. The molecule has 20 heavy (non-hydrogen) atoms. The number of methoxy groups -OCH3 is 1. The van der Waals surface area contributed by atoms with E-state index in [-0.39, 0.29) is 17.2 Å². The van der Waals surface area contributed by atoms with E-state index in [0.29, 0.717) is 18.1 Å². The molecular formula is C14H15N3O3. The van der Waals surface area contributed by atoms with Gasteiger partial charge in [0.2, 0.25) is 5.88 Å². The molecule has 0 aliphatic heterocycles. The number of aromatic nitrogens is 1. The molecule has 1 amide bonds. The number of amides is 1. The summed E-state index contributed by atoms with van der Waals surface area (Å²) in [5.41, 5.74) is 7.11. The highest BCUT2D eigenvalue weighted by Crippen LogP contribution is 2.18. The van der Waals surface area contributed by atoms with Crippen LogP contribution in [0.3, 0.4) is 0 Å². The summed E-state index contributed by atoms with van der Waals surface area (Å²) in [6.07, 6.45) is 1.60. The Morgan fingerprint density at radius 1 is 1.40 bits per heavy atom. The fourth-order valence-corrected chi connectivity index (χ4v) is 1.69. The van der Waals surface area contributed by atoms with Crippen LogP contribution in [0.5, 0.6) is 11.6 Å². The molecule has 0 spiro atoms. The van der Waals surface area contributed by atoms with Gasteiger partial charge in [0.05, 0.1) is 12.7 Å². The quantitative estimate of drug-likeness (QED) is 0.576. The van der Waals surface area contributed by atoms with Gasteiger partial charge in [-0.1, -0.05) is 0 Å². The number of nitrogen functional groups attached to an aromatic ring is 1. The molecule has 104 valence electrons. The number of phenolic OH excluding ortho intramolecular Hbond substituents is 1. The molecule has 0 saturated heterocycles. The lowest BCUT2D eigenvalue weighted by atomic mass is 10.1. The number of anilines is 1. The van der Waals surface area contributed by atoms with Gasteiger partial charge in [0.15, 0.2) is 0 Å². The minimum absolute atomic E-state index is 0.00469. The van der Waals surface area contributed by atoms with Crippen molar-refractivity contribution in [1.29, 1.82) is 0 Å². The number of nitrogens with one attached hydrogen (secondary N) is 1. The Balaban J connectivity index is 2.06. The summed E-state index contributed by atoms with van der Waals surface area (Å²) < 4.78 is 5.00. The van der Waals surface area contributed by atoms with Crippen LogP contribution in [-0.4, -0.2) is 23.1 Å². The summed E-state index contributed by atoms with van der Waals surface area (Å²) in [5.74, 6) is 0.123. The van der Waals surface area contributed by atoms with Gasteiger partial charge >= 0.3 is 0 Å². The first kappa shape index (κ1) is 13.7. The highest BCUT2D eigenvalue weighted by Gasteiger charge is 2.10. The molecule has 2 aromatic rings. The zero-order valence-electron chi connectivity index (χ0n) is 11.0. The first-order chi connectivity index (χ1) is 9.60. The van der Waals surface area contributed by atoms with E-state index >= 15 is 0 Å². The number of carbonyl (C=O) groups excluding carboxylic acids is 1. The molecule has 6 heteroatoms. The lowest BCUT2D eigenvalue weighted by molar-refractivity contribution is 0.0951. The highest BCUT2D eigenvalue weighted by molar-refractivity contribution is 5.99. The molecule has 0 unspecified atom stereocenters. The summed E-state index contributed by atoms with van der Waals surface area (Å²) in [6, 6.07) is 7.75. The summed E-state index contributed by atoms with van der Waals surface area (Å²) >= 11 is 0. The Morgan fingerprint density at radius 3 is 2.95 bits per heavy atom. The van der Waals surface area contributed by atoms with Crippen LogP contribution in [0.15, 0.2) is 36.5 Å². The lowest BCUT2D eigenvalue weighted by Gasteiger charge is -2.08. The average molecular weight is 273 g/mol. The predicted octanol–water partition coefficient (Wildman–Crippen LogP) is 1.31. The van der Waals surface area contributed by atoms with E-state index < -0.39 is 0 Å². The van der Waals surface area contributed by atoms with Gasteiger partial charge in [0.1, 0.15) is 5.75 Å². The molecule has 4 N–H and O–H groups in total. The van der Waals surface area contributed by atoms with E-state index in [1.165, 1.54) is 25.3 Å². The van der Waals surface area contributed by atoms with Gasteiger partial charge in [-0.2, -0.15) is 0 Å². The Kier molecular flexibility index (Phi) is 4.05. The van der Waals surface area contributed by atoms with E-state index in [1.54, 1.807) is 18.3 Å². The molecule has 1 aromatic carbocycles. The van der Waals surface area contributed by atoms with Crippen molar-refractivity contribution in [3.63, 3.8) is 0 Å². The molecule has 0 bridgehead atoms. The fraction of sp³-hybridized carbons (Fsp3) is 0.143. The highest BCUT2D eigenvalue weighted by atomic mass is 16.5. The number of rotatable bonds is 4. The number of phenols is 1. The molecule has 2 rings (SSSR count). The van der Waals surface area contributed by atoms with E-state index in [9.17, 15) is 9.90 Å². The maximum atomic E-state index is 12.0. The number of nitrogens with zero attached hydrogens (tertiary/aromatic N) is 1. The zero-order valence-corrected chi connectivity index (χ0v) is 11.0. The van der Waals surface area contributed by atoms with Crippen LogP contribution in [-0.2, 0) is 6.54 Å². The van der Waals surface area contributed by atoms with Crippen molar-refractivity contribution >= 4 is 11.6 Å². The molecule has 0 saturated carbocycles. The lowest BCUT2D eigenvalue weighted by Crippen LogP contribution is -2.23. The topological polar surface area (TPSA) is 97.5 Å². The van der Waals surface area contributed by atoms with Crippen molar-refractivity contribution < 1.29 is 14.6 Å². The maximum absolute atomic E-state index is 12.0. The van der Waals surface area contributed by atoms with Crippen molar-refractivity contribution in [3.8, 4) is 11.6 Å². The largest absolute Gasteiger partial charge is 0.508 e. The Bertz CT molecular complexity index is 629. The van der Waals surface area contributed by atoms with Gasteiger partial charge in [-0.15, -0.1) is 0 Å². The van der Waals surface area contributed by atoms with Crippen molar-refractivity contribution in [3.05, 3.63) is 47.7 Å². The molecule has 0 aliphatic rings. The number of ether oxygens (including phenoxy) is 1. The Labute approximate surface area is 116 Å². The molecule has 0 radical (unpaired) electrons. The van der Waals surface area contributed by atoms with Crippen molar-refractivity contribution in [2.24, 2.45) is 0 Å². The van der Waals surface area contributed by atoms with Crippen molar-refractivity contribution in [2.45, 2.75) is 6.54 Å². The monoisotopic (exact) mass is 273 g/mol. The van der Waals surface area contributed by atoms with Gasteiger partial charge in [-0.25, -0.2) is 4.98 Å². The maximum Gasteiger partial charge on any atom is 0.253 e. The third-order valence-electron chi connectivity index (χ3n) is 2.74. The summed E-state index contributed by atoms with van der Waals surface area (Å²) in [4.78, 5) is 16.0. The number of benzene rings is 1. The second-order valence-electron chi connectivity index (χ2n) is 4.16. The standard InChI is InChI=1S/C14H15N3O3/c1-20-13-6-9(4-5-16-13)8-17-14(19)11-7-10(18)2-3-12(11)15/h2-7,18H,8,15H2,1H3,(H,17,19). The van der Waals surface area contributed by atoms with Crippen LogP contribution in [0.25, 0.3) is 0 Å². The molecule has 0 fully saturated rings. The third kappa shape index (κ3) is 3.17. The zero-order chi connectivity index (χ0) is 14.5. The van der Waals surface area contributed by atoms with Crippen LogP contribution in [0, 0.1) is 0 Å². The van der Waals surface area contributed by atoms with Gasteiger partial charge in [0, 0.05) is 24.5 Å². The van der Waals surface area contributed by atoms with Gasteiger partial charge in [-0.05, 0) is 29.8 Å². The molecule has 1 aromatic heterocycles. The smallest absolute Gasteiger partial charge is 0.253 e. The normalized spacial score (nSPS) is 10.1. The van der Waals surface area contributed by atoms with Crippen LogP contribution >= 0.6 is 0 Å². The Morgan fingerprint density at radius 2 is 2.20 bits per heavy atom. The van der Waals surface area contributed by atoms with Crippen molar-refractivity contribution in [1.82, 2.24) is 10.3 Å². The van der Waals surface area contributed by atoms with Gasteiger partial charge in [-0.3, -0.25) is 4.79 Å². The van der Waals surface area contributed by atoms with E-state index in [2.05, 4.69) is 10.3 Å². The number of hydrogen-bond donors (Lipinski definition) is 3. The number of pyridine rings is 1. The third-order valence-corrected chi connectivity index (χ3v) is 2.74. The first-order valence-corrected chi connectivity index (χ1v) is 5.96. The van der Waals surface area contributed by atoms with E-state index in [0.717, 1.165) is 5.56 Å². The second-order valence-corrected chi connectivity index (χ2v) is 4.16. The molecule has 0 aliphatic carbocycles. The first-order valence-electron chi connectivity index (χ1n) is 5.96. The van der Waals surface area contributed by atoms with Crippen molar-refractivity contribution in [2.75, 3.05) is 12.8 Å². The molecule has 6 nitrogen and oxygen atoms in total. The number of aromatic hydroxyl groups is 1.